The Hall–Kier alpha value is -0.300. The maximum atomic E-state index is 11.6. The molecule has 14 heavy (non-hydrogen) atoms. The average molecular weight is 232 g/mol. The normalized spacial score (nSPS) is 14.0. The minimum Gasteiger partial charge on any atom is -0.323 e. The van der Waals surface area contributed by atoms with Crippen molar-refractivity contribution in [2.45, 2.75) is 12.2 Å². The quantitative estimate of drug-likeness (QED) is 0.813. The lowest BCUT2D eigenvalue weighted by Gasteiger charge is -2.16. The third-order valence-corrected chi connectivity index (χ3v) is 4.19. The van der Waals surface area contributed by atoms with Crippen LogP contribution < -0.4 is 5.73 Å². The minimum absolute atomic E-state index is 0.260. The predicted molar refractivity (Wildman–Crippen MR) is 62.6 cm³/mol. The van der Waals surface area contributed by atoms with Gasteiger partial charge in [-0.15, -0.1) is 0 Å². The zero-order chi connectivity index (χ0) is 10.8. The van der Waals surface area contributed by atoms with Crippen molar-refractivity contribution in [3.63, 3.8) is 0 Å². The number of nitrogens with two attached hydrogens (primary N) is 1. The van der Waals surface area contributed by atoms with Gasteiger partial charge < -0.3 is 10.3 Å². The number of benzene rings is 1. The molecule has 78 valence electrons. The van der Waals surface area contributed by atoms with Crippen molar-refractivity contribution in [3.8, 4) is 0 Å². The van der Waals surface area contributed by atoms with E-state index in [9.17, 15) is 4.57 Å². The Bertz CT molecular complexity index is 344. The van der Waals surface area contributed by atoms with E-state index in [-0.39, 0.29) is 5.78 Å². The van der Waals surface area contributed by atoms with Crippen molar-refractivity contribution in [1.29, 1.82) is 0 Å². The van der Waals surface area contributed by atoms with Crippen LogP contribution in [0.5, 0.6) is 0 Å². The van der Waals surface area contributed by atoms with Crippen LogP contribution in [0.3, 0.4) is 0 Å². The van der Waals surface area contributed by atoms with Crippen LogP contribution in [0.15, 0.2) is 24.3 Å². The molecule has 0 saturated carbocycles. The summed E-state index contributed by atoms with van der Waals surface area (Å²) in [5.41, 5.74) is 6.90. The van der Waals surface area contributed by atoms with Crippen LogP contribution in [0.2, 0.25) is 5.02 Å². The molecule has 1 aromatic rings. The second-order valence-corrected chi connectivity index (χ2v) is 7.80. The van der Waals surface area contributed by atoms with Crippen molar-refractivity contribution in [3.05, 3.63) is 34.9 Å². The summed E-state index contributed by atoms with van der Waals surface area (Å²) in [7, 11) is -2.19. The Labute approximate surface area is 89.8 Å². The monoisotopic (exact) mass is 231 g/mol. The molecule has 0 amide bonds. The van der Waals surface area contributed by atoms with Gasteiger partial charge in [0, 0.05) is 5.02 Å². The summed E-state index contributed by atoms with van der Waals surface area (Å²) in [6.07, 6.45) is 0.640. The summed E-state index contributed by atoms with van der Waals surface area (Å²) in [6, 6.07) is 7.47. The molecular weight excluding hydrogens is 217 g/mol. The molecule has 0 fully saturated rings. The van der Waals surface area contributed by atoms with Gasteiger partial charge in [-0.3, -0.25) is 0 Å². The van der Waals surface area contributed by atoms with Crippen LogP contribution in [0.25, 0.3) is 0 Å². The van der Waals surface area contributed by atoms with Gasteiger partial charge in [0.05, 0.1) is 12.9 Å². The summed E-state index contributed by atoms with van der Waals surface area (Å²) in [4.78, 5) is 0. The smallest absolute Gasteiger partial charge is 0.0980 e. The van der Waals surface area contributed by atoms with Crippen molar-refractivity contribution in [1.82, 2.24) is 0 Å². The van der Waals surface area contributed by atoms with Crippen LogP contribution in [0.4, 0.5) is 0 Å². The third-order valence-electron chi connectivity index (χ3n) is 2.16. The van der Waals surface area contributed by atoms with Gasteiger partial charge in [-0.1, -0.05) is 23.7 Å². The van der Waals surface area contributed by atoms with Gasteiger partial charge >= 0.3 is 0 Å². The molecule has 0 aliphatic heterocycles. The minimum atomic E-state index is -2.19. The molecule has 0 bridgehead atoms. The largest absolute Gasteiger partial charge is 0.323 e. The molecule has 0 spiro atoms. The summed E-state index contributed by atoms with van der Waals surface area (Å²) in [5, 5.41) is 0.707. The highest BCUT2D eigenvalue weighted by Crippen LogP contribution is 2.40. The van der Waals surface area contributed by atoms with E-state index < -0.39 is 7.14 Å². The topological polar surface area (TPSA) is 43.1 Å². The second kappa shape index (κ2) is 4.48. The number of hydrogen-bond donors (Lipinski definition) is 1. The standard InChI is InChI=1S/C10H15ClNOP/c1-14(2,13)10(12)7-8-3-5-9(11)6-4-8/h3-6,10H,7,12H2,1-2H3. The van der Waals surface area contributed by atoms with Crippen LogP contribution in [0.1, 0.15) is 5.56 Å². The predicted octanol–water partition coefficient (Wildman–Crippen LogP) is 2.79. The van der Waals surface area contributed by atoms with Gasteiger partial charge in [0.15, 0.2) is 0 Å². The van der Waals surface area contributed by atoms with Gasteiger partial charge in [0.25, 0.3) is 0 Å². The summed E-state index contributed by atoms with van der Waals surface area (Å²) in [5.74, 6) is -0.260. The molecule has 4 heteroatoms. The van der Waals surface area contributed by atoms with Crippen LogP contribution in [-0.2, 0) is 11.0 Å². The average Bonchev–Trinajstić information content (AvgIpc) is 2.07. The first-order chi connectivity index (χ1) is 6.39. The first kappa shape index (κ1) is 11.8. The maximum Gasteiger partial charge on any atom is 0.0980 e. The van der Waals surface area contributed by atoms with E-state index in [0.717, 1.165) is 5.56 Å². The van der Waals surface area contributed by atoms with E-state index in [1.165, 1.54) is 0 Å². The SMILES string of the molecule is CP(C)(=O)C(N)Cc1ccc(Cl)cc1. The molecule has 1 atom stereocenters. The first-order valence-electron chi connectivity index (χ1n) is 4.44. The fourth-order valence-electron chi connectivity index (χ4n) is 1.08. The highest BCUT2D eigenvalue weighted by atomic mass is 35.5. The molecule has 0 aliphatic rings. The van der Waals surface area contributed by atoms with Gasteiger partial charge in [0.2, 0.25) is 0 Å². The van der Waals surface area contributed by atoms with E-state index in [1.54, 1.807) is 13.3 Å². The second-order valence-electron chi connectivity index (χ2n) is 3.83. The van der Waals surface area contributed by atoms with Crippen LogP contribution in [0, 0.1) is 0 Å². The Balaban J connectivity index is 2.70. The zero-order valence-electron chi connectivity index (χ0n) is 8.40. The van der Waals surface area contributed by atoms with Crippen molar-refractivity contribution in [2.24, 2.45) is 5.73 Å². The number of rotatable bonds is 3. The molecule has 0 aromatic heterocycles. The molecule has 1 aromatic carbocycles. The molecule has 0 aliphatic carbocycles. The lowest BCUT2D eigenvalue weighted by atomic mass is 10.1. The molecule has 1 unspecified atom stereocenters. The highest BCUT2D eigenvalue weighted by Gasteiger charge is 2.18. The molecule has 0 radical (unpaired) electrons. The van der Waals surface area contributed by atoms with Gasteiger partial charge in [-0.2, -0.15) is 0 Å². The first-order valence-corrected chi connectivity index (χ1v) is 7.49. The third kappa shape index (κ3) is 3.45. The Morgan fingerprint density at radius 2 is 1.86 bits per heavy atom. The zero-order valence-corrected chi connectivity index (χ0v) is 10.1. The summed E-state index contributed by atoms with van der Waals surface area (Å²) >= 11 is 5.75. The van der Waals surface area contributed by atoms with E-state index in [2.05, 4.69) is 0 Å². The van der Waals surface area contributed by atoms with Gasteiger partial charge in [0.1, 0.15) is 0 Å². The van der Waals surface area contributed by atoms with Crippen LogP contribution >= 0.6 is 18.7 Å². The number of halogens is 1. The van der Waals surface area contributed by atoms with E-state index in [1.807, 2.05) is 24.3 Å². The Morgan fingerprint density at radius 1 is 1.36 bits per heavy atom. The van der Waals surface area contributed by atoms with Crippen LogP contribution in [-0.4, -0.2) is 19.1 Å². The number of hydrogen-bond acceptors (Lipinski definition) is 2. The lowest BCUT2D eigenvalue weighted by molar-refractivity contribution is 0.571. The summed E-state index contributed by atoms with van der Waals surface area (Å²) < 4.78 is 11.6. The fourth-order valence-corrected chi connectivity index (χ4v) is 1.86. The van der Waals surface area contributed by atoms with Gasteiger partial charge in [-0.05, 0) is 37.4 Å². The Kier molecular flexibility index (Phi) is 3.77. The summed E-state index contributed by atoms with van der Waals surface area (Å²) in [6.45, 7) is 3.43. The van der Waals surface area contributed by atoms with Crippen molar-refractivity contribution >= 4 is 18.7 Å². The van der Waals surface area contributed by atoms with E-state index >= 15 is 0 Å². The lowest BCUT2D eigenvalue weighted by Crippen LogP contribution is -2.22. The molecule has 2 N–H and O–H groups in total. The highest BCUT2D eigenvalue weighted by molar-refractivity contribution is 7.63. The Morgan fingerprint density at radius 3 is 2.29 bits per heavy atom. The van der Waals surface area contributed by atoms with Gasteiger partial charge in [-0.25, -0.2) is 0 Å². The molecule has 2 nitrogen and oxygen atoms in total. The molecule has 1 rings (SSSR count). The fraction of sp³-hybridized carbons (Fsp3) is 0.400. The molecule has 0 heterocycles. The van der Waals surface area contributed by atoms with E-state index in [0.29, 0.717) is 11.4 Å². The molecular formula is C10H15ClNOP. The van der Waals surface area contributed by atoms with Crippen molar-refractivity contribution in [2.75, 3.05) is 13.3 Å². The van der Waals surface area contributed by atoms with E-state index in [4.69, 9.17) is 17.3 Å². The molecule has 0 saturated heterocycles. The van der Waals surface area contributed by atoms with Crippen molar-refractivity contribution < 1.29 is 4.57 Å². The maximum absolute atomic E-state index is 11.6.